The lowest BCUT2D eigenvalue weighted by atomic mass is 10.1. The number of nitrogens with zero attached hydrogens (tertiary/aromatic N) is 3. The monoisotopic (exact) mass is 235 g/mol. The molecule has 0 amide bonds. The molecule has 2 heterocycles. The van der Waals surface area contributed by atoms with Crippen LogP contribution in [0.4, 0.5) is 4.39 Å². The van der Waals surface area contributed by atoms with Crippen molar-refractivity contribution in [1.29, 1.82) is 0 Å². The largest absolute Gasteiger partial charge is 0.396 e. The van der Waals surface area contributed by atoms with E-state index in [-0.39, 0.29) is 13.2 Å². The minimum atomic E-state index is -0.448. The molecule has 0 saturated carbocycles. The van der Waals surface area contributed by atoms with Gasteiger partial charge in [0.25, 0.3) is 0 Å². The lowest BCUT2D eigenvalue weighted by molar-refractivity contribution is 0.299. The molecule has 0 atom stereocenters. The fourth-order valence-electron chi connectivity index (χ4n) is 1.72. The van der Waals surface area contributed by atoms with Gasteiger partial charge in [0, 0.05) is 36.3 Å². The Morgan fingerprint density at radius 3 is 2.71 bits per heavy atom. The summed E-state index contributed by atoms with van der Waals surface area (Å²) < 4.78 is 13.9. The third-order valence-electron chi connectivity index (χ3n) is 2.49. The van der Waals surface area contributed by atoms with E-state index in [0.29, 0.717) is 6.42 Å². The average molecular weight is 235 g/mol. The molecule has 0 aliphatic carbocycles. The molecule has 0 aliphatic heterocycles. The van der Waals surface area contributed by atoms with Crippen molar-refractivity contribution in [2.24, 2.45) is 0 Å². The van der Waals surface area contributed by atoms with Crippen LogP contribution in [0.25, 0.3) is 11.3 Å². The fourth-order valence-corrected chi connectivity index (χ4v) is 1.72. The van der Waals surface area contributed by atoms with Crippen molar-refractivity contribution in [2.75, 3.05) is 13.3 Å². The second kappa shape index (κ2) is 5.54. The molecule has 2 rings (SSSR count). The molecule has 2 aromatic rings. The van der Waals surface area contributed by atoms with Gasteiger partial charge in [0.2, 0.25) is 0 Å². The van der Waals surface area contributed by atoms with Crippen LogP contribution in [0.5, 0.6) is 0 Å². The van der Waals surface area contributed by atoms with E-state index in [0.717, 1.165) is 16.8 Å². The minimum absolute atomic E-state index is 0.0550. The molecule has 4 nitrogen and oxygen atoms in total. The molecule has 0 aliphatic rings. The predicted octanol–water partition coefficient (Wildman–Crippen LogP) is 1.45. The molecule has 1 N–H and O–H groups in total. The summed E-state index contributed by atoms with van der Waals surface area (Å²) in [5.41, 5.74) is 2.64. The second-order valence-corrected chi connectivity index (χ2v) is 3.66. The summed E-state index contributed by atoms with van der Waals surface area (Å²) >= 11 is 0. The molecule has 0 spiro atoms. The maximum absolute atomic E-state index is 12.3. The molecule has 0 aromatic carbocycles. The van der Waals surface area contributed by atoms with Gasteiger partial charge in [-0.1, -0.05) is 0 Å². The summed E-state index contributed by atoms with van der Waals surface area (Å²) in [6, 6.07) is 3.70. The van der Waals surface area contributed by atoms with Crippen molar-refractivity contribution in [3.05, 3.63) is 36.3 Å². The van der Waals surface area contributed by atoms with Crippen LogP contribution >= 0.6 is 0 Å². The molecule has 0 saturated heterocycles. The molecule has 0 bridgehead atoms. The number of rotatable bonds is 5. The van der Waals surface area contributed by atoms with E-state index in [9.17, 15) is 4.39 Å². The second-order valence-electron chi connectivity index (χ2n) is 3.66. The number of aryl methyl sites for hydroxylation is 1. The number of hydrogen-bond acceptors (Lipinski definition) is 3. The van der Waals surface area contributed by atoms with Gasteiger partial charge < -0.3 is 5.11 Å². The smallest absolute Gasteiger partial charge is 0.109 e. The number of alkyl halides is 1. The SMILES string of the molecule is OCCc1cn(CCF)nc1-c1ccncc1. The van der Waals surface area contributed by atoms with Crippen LogP contribution in [-0.2, 0) is 13.0 Å². The lowest BCUT2D eigenvalue weighted by Crippen LogP contribution is -1.99. The van der Waals surface area contributed by atoms with Crippen LogP contribution < -0.4 is 0 Å². The molecule has 0 radical (unpaired) electrons. The lowest BCUT2D eigenvalue weighted by Gasteiger charge is -1.99. The van der Waals surface area contributed by atoms with Crippen LogP contribution in [0.3, 0.4) is 0 Å². The van der Waals surface area contributed by atoms with Crippen LogP contribution in [0, 0.1) is 0 Å². The Morgan fingerprint density at radius 2 is 2.06 bits per heavy atom. The molecule has 90 valence electrons. The van der Waals surface area contributed by atoms with E-state index >= 15 is 0 Å². The first-order valence-corrected chi connectivity index (χ1v) is 5.48. The molecule has 5 heteroatoms. The van der Waals surface area contributed by atoms with Crippen LogP contribution in [0.15, 0.2) is 30.7 Å². The summed E-state index contributed by atoms with van der Waals surface area (Å²) in [7, 11) is 0. The number of aliphatic hydroxyl groups is 1. The minimum Gasteiger partial charge on any atom is -0.396 e. The van der Waals surface area contributed by atoms with Gasteiger partial charge in [-0.2, -0.15) is 5.10 Å². The topological polar surface area (TPSA) is 50.9 Å². The molecule has 0 unspecified atom stereocenters. The van der Waals surface area contributed by atoms with Crippen molar-refractivity contribution in [3.63, 3.8) is 0 Å². The van der Waals surface area contributed by atoms with Gasteiger partial charge in [0.05, 0.1) is 12.2 Å². The zero-order valence-electron chi connectivity index (χ0n) is 9.38. The Labute approximate surface area is 98.7 Å². The van der Waals surface area contributed by atoms with Gasteiger partial charge in [-0.15, -0.1) is 0 Å². The first-order valence-electron chi connectivity index (χ1n) is 5.48. The summed E-state index contributed by atoms with van der Waals surface area (Å²) in [4.78, 5) is 3.95. The summed E-state index contributed by atoms with van der Waals surface area (Å²) in [6.07, 6.45) is 5.67. The quantitative estimate of drug-likeness (QED) is 0.853. The number of halogens is 1. The van der Waals surface area contributed by atoms with Crippen molar-refractivity contribution in [2.45, 2.75) is 13.0 Å². The molecular weight excluding hydrogens is 221 g/mol. The highest BCUT2D eigenvalue weighted by molar-refractivity contribution is 5.61. The highest BCUT2D eigenvalue weighted by Crippen LogP contribution is 2.21. The van der Waals surface area contributed by atoms with Gasteiger partial charge in [0.1, 0.15) is 6.67 Å². The van der Waals surface area contributed by atoms with Gasteiger partial charge in [-0.25, -0.2) is 4.39 Å². The Bertz CT molecular complexity index is 470. The van der Waals surface area contributed by atoms with Gasteiger partial charge in [-0.3, -0.25) is 9.67 Å². The van der Waals surface area contributed by atoms with Gasteiger partial charge in [-0.05, 0) is 18.6 Å². The molecule has 2 aromatic heterocycles. The summed E-state index contributed by atoms with van der Waals surface area (Å²) in [6.45, 7) is -0.154. The first kappa shape index (κ1) is 11.7. The Hall–Kier alpha value is -1.75. The summed E-state index contributed by atoms with van der Waals surface area (Å²) in [5, 5.41) is 13.3. The maximum atomic E-state index is 12.3. The first-order chi connectivity index (χ1) is 8.35. The van der Waals surface area contributed by atoms with E-state index in [1.54, 1.807) is 23.3 Å². The van der Waals surface area contributed by atoms with Crippen molar-refractivity contribution < 1.29 is 9.50 Å². The third kappa shape index (κ3) is 2.68. The predicted molar refractivity (Wildman–Crippen MR) is 62.2 cm³/mol. The van der Waals surface area contributed by atoms with Gasteiger partial charge >= 0.3 is 0 Å². The number of aromatic nitrogens is 3. The van der Waals surface area contributed by atoms with Crippen LogP contribution in [0.1, 0.15) is 5.56 Å². The standard InChI is InChI=1S/C12H14FN3O/c13-4-7-16-9-11(3-8-17)12(15-16)10-1-5-14-6-2-10/h1-2,5-6,9,17H,3-4,7-8H2. The molecule has 0 fully saturated rings. The number of aliphatic hydroxyl groups excluding tert-OH is 1. The van der Waals surface area contributed by atoms with E-state index in [4.69, 9.17) is 5.11 Å². The van der Waals surface area contributed by atoms with E-state index in [2.05, 4.69) is 10.1 Å². The normalized spacial score (nSPS) is 10.7. The number of hydrogen-bond donors (Lipinski definition) is 1. The van der Waals surface area contributed by atoms with Crippen molar-refractivity contribution in [3.8, 4) is 11.3 Å². The van der Waals surface area contributed by atoms with Crippen molar-refractivity contribution >= 4 is 0 Å². The Kier molecular flexibility index (Phi) is 3.82. The van der Waals surface area contributed by atoms with Crippen LogP contribution in [0.2, 0.25) is 0 Å². The zero-order valence-corrected chi connectivity index (χ0v) is 9.38. The third-order valence-corrected chi connectivity index (χ3v) is 2.49. The zero-order chi connectivity index (χ0) is 12.1. The Morgan fingerprint density at radius 1 is 1.29 bits per heavy atom. The number of pyridine rings is 1. The average Bonchev–Trinajstić information content (AvgIpc) is 2.74. The van der Waals surface area contributed by atoms with Crippen LogP contribution in [-0.4, -0.2) is 33.2 Å². The highest BCUT2D eigenvalue weighted by Gasteiger charge is 2.10. The van der Waals surface area contributed by atoms with E-state index < -0.39 is 6.67 Å². The highest BCUT2D eigenvalue weighted by atomic mass is 19.1. The Balaban J connectivity index is 2.37. The fraction of sp³-hybridized carbons (Fsp3) is 0.333. The van der Waals surface area contributed by atoms with E-state index in [1.165, 1.54) is 0 Å². The molecular formula is C12H14FN3O. The van der Waals surface area contributed by atoms with Gasteiger partial charge in [0.15, 0.2) is 0 Å². The maximum Gasteiger partial charge on any atom is 0.109 e. The van der Waals surface area contributed by atoms with Crippen molar-refractivity contribution in [1.82, 2.24) is 14.8 Å². The summed E-state index contributed by atoms with van der Waals surface area (Å²) in [5.74, 6) is 0. The van der Waals surface area contributed by atoms with E-state index in [1.807, 2.05) is 12.1 Å². The molecule has 17 heavy (non-hydrogen) atoms.